The average Bonchev–Trinajstić information content (AvgIpc) is 2.85. The zero-order valence-corrected chi connectivity index (χ0v) is 11.0. The Morgan fingerprint density at radius 3 is 2.80 bits per heavy atom. The van der Waals surface area contributed by atoms with Crippen molar-refractivity contribution in [1.29, 1.82) is 0 Å². The predicted octanol–water partition coefficient (Wildman–Crippen LogP) is 2.26. The molecule has 0 saturated heterocycles. The highest BCUT2D eigenvalue weighted by atomic mass is 16.5. The van der Waals surface area contributed by atoms with E-state index in [0.717, 1.165) is 22.6 Å². The molecule has 1 amide bonds. The molecule has 3 rings (SSSR count). The largest absolute Gasteiger partial charge is 0.492 e. The van der Waals surface area contributed by atoms with E-state index in [1.807, 2.05) is 48.5 Å². The molecule has 1 unspecified atom stereocenters. The second kappa shape index (κ2) is 5.35. The number of carbonyl (C=O) groups excluding carboxylic acids is 1. The number of rotatable bonds is 4. The second-order valence-corrected chi connectivity index (χ2v) is 4.87. The van der Waals surface area contributed by atoms with Crippen LogP contribution >= 0.6 is 0 Å². The summed E-state index contributed by atoms with van der Waals surface area (Å²) in [5, 5.41) is 2.81. The highest BCUT2D eigenvalue weighted by molar-refractivity contribution is 5.99. The van der Waals surface area contributed by atoms with E-state index in [-0.39, 0.29) is 11.9 Å². The number of nitrogens with one attached hydrogen (secondary N) is 1. The van der Waals surface area contributed by atoms with Crippen LogP contribution in [0.15, 0.2) is 48.5 Å². The summed E-state index contributed by atoms with van der Waals surface area (Å²) in [4.78, 5) is 11.3. The molecule has 1 atom stereocenters. The topological polar surface area (TPSA) is 64.3 Å². The Morgan fingerprint density at radius 2 is 2.00 bits per heavy atom. The Bertz CT molecular complexity index is 626. The van der Waals surface area contributed by atoms with Crippen molar-refractivity contribution in [3.63, 3.8) is 0 Å². The summed E-state index contributed by atoms with van der Waals surface area (Å²) in [5.41, 5.74) is 9.01. The van der Waals surface area contributed by atoms with E-state index in [0.29, 0.717) is 13.0 Å². The molecule has 0 aromatic heterocycles. The van der Waals surface area contributed by atoms with Gasteiger partial charge >= 0.3 is 0 Å². The highest BCUT2D eigenvalue weighted by Gasteiger charge is 2.19. The molecule has 20 heavy (non-hydrogen) atoms. The van der Waals surface area contributed by atoms with Crippen LogP contribution in [-0.2, 0) is 11.2 Å². The third-order valence-corrected chi connectivity index (χ3v) is 3.36. The molecule has 102 valence electrons. The maximum Gasteiger partial charge on any atom is 0.228 e. The van der Waals surface area contributed by atoms with Crippen LogP contribution in [0.1, 0.15) is 17.2 Å². The molecule has 0 saturated carbocycles. The molecular weight excluding hydrogens is 252 g/mol. The lowest BCUT2D eigenvalue weighted by molar-refractivity contribution is -0.115. The fourth-order valence-electron chi connectivity index (χ4n) is 2.28. The molecule has 0 spiro atoms. The smallest absolute Gasteiger partial charge is 0.228 e. The lowest BCUT2D eigenvalue weighted by atomic mass is 10.0. The van der Waals surface area contributed by atoms with Crippen molar-refractivity contribution < 1.29 is 9.53 Å². The molecule has 1 aliphatic heterocycles. The van der Waals surface area contributed by atoms with Gasteiger partial charge in [0.05, 0.1) is 12.5 Å². The van der Waals surface area contributed by atoms with Gasteiger partial charge in [-0.25, -0.2) is 0 Å². The van der Waals surface area contributed by atoms with E-state index in [9.17, 15) is 4.79 Å². The fraction of sp³-hybridized carbons (Fsp3) is 0.188. The van der Waals surface area contributed by atoms with Crippen molar-refractivity contribution in [3.05, 3.63) is 59.7 Å². The van der Waals surface area contributed by atoms with E-state index in [1.165, 1.54) is 0 Å². The normalized spacial score (nSPS) is 14.6. The fourth-order valence-corrected chi connectivity index (χ4v) is 2.28. The van der Waals surface area contributed by atoms with Crippen LogP contribution < -0.4 is 15.8 Å². The van der Waals surface area contributed by atoms with Gasteiger partial charge in [-0.05, 0) is 29.3 Å². The highest BCUT2D eigenvalue weighted by Crippen LogP contribution is 2.26. The number of hydrogen-bond acceptors (Lipinski definition) is 3. The summed E-state index contributed by atoms with van der Waals surface area (Å²) in [6.07, 6.45) is 0.426. The van der Waals surface area contributed by atoms with E-state index in [4.69, 9.17) is 10.5 Å². The average molecular weight is 268 g/mol. The summed E-state index contributed by atoms with van der Waals surface area (Å²) in [7, 11) is 0. The first-order valence-corrected chi connectivity index (χ1v) is 6.58. The summed E-state index contributed by atoms with van der Waals surface area (Å²) < 4.78 is 5.66. The van der Waals surface area contributed by atoms with Crippen LogP contribution in [0, 0.1) is 0 Å². The number of para-hydroxylation sites is 1. The number of fused-ring (bicyclic) bond motifs is 1. The van der Waals surface area contributed by atoms with E-state index < -0.39 is 0 Å². The Labute approximate surface area is 117 Å². The Hall–Kier alpha value is -2.33. The van der Waals surface area contributed by atoms with Gasteiger partial charge in [-0.1, -0.05) is 30.3 Å². The van der Waals surface area contributed by atoms with Gasteiger partial charge < -0.3 is 15.8 Å². The summed E-state index contributed by atoms with van der Waals surface area (Å²) >= 11 is 0. The van der Waals surface area contributed by atoms with Crippen LogP contribution in [0.3, 0.4) is 0 Å². The van der Waals surface area contributed by atoms with Gasteiger partial charge in [-0.3, -0.25) is 4.79 Å². The minimum absolute atomic E-state index is 0.0336. The zero-order chi connectivity index (χ0) is 13.9. The maximum absolute atomic E-state index is 11.3. The molecule has 1 heterocycles. The Balaban J connectivity index is 1.67. The third-order valence-electron chi connectivity index (χ3n) is 3.36. The van der Waals surface area contributed by atoms with Crippen LogP contribution in [0.4, 0.5) is 5.69 Å². The van der Waals surface area contributed by atoms with Crippen molar-refractivity contribution in [2.45, 2.75) is 12.5 Å². The number of amides is 1. The monoisotopic (exact) mass is 268 g/mol. The van der Waals surface area contributed by atoms with Crippen molar-refractivity contribution >= 4 is 11.6 Å². The third kappa shape index (κ3) is 2.65. The first-order valence-electron chi connectivity index (χ1n) is 6.58. The van der Waals surface area contributed by atoms with Gasteiger partial charge in [0.25, 0.3) is 0 Å². The quantitative estimate of drug-likeness (QED) is 0.894. The van der Waals surface area contributed by atoms with Crippen molar-refractivity contribution in [3.8, 4) is 5.75 Å². The number of anilines is 1. The molecular formula is C16H16N2O2. The van der Waals surface area contributed by atoms with Gasteiger partial charge in [0.15, 0.2) is 0 Å². The van der Waals surface area contributed by atoms with Gasteiger partial charge in [0.2, 0.25) is 5.91 Å². The van der Waals surface area contributed by atoms with Gasteiger partial charge in [0.1, 0.15) is 12.4 Å². The molecule has 2 aromatic carbocycles. The standard InChI is InChI=1S/C16H16N2O2/c17-14(10-20-13-4-2-1-3-5-13)11-6-7-15-12(8-11)9-16(19)18-15/h1-8,14H,9-10,17H2,(H,18,19). The molecule has 4 nitrogen and oxygen atoms in total. The molecule has 0 bridgehead atoms. The van der Waals surface area contributed by atoms with Crippen molar-refractivity contribution in [1.82, 2.24) is 0 Å². The number of benzene rings is 2. The van der Waals surface area contributed by atoms with Crippen LogP contribution in [-0.4, -0.2) is 12.5 Å². The molecule has 0 aliphatic carbocycles. The van der Waals surface area contributed by atoms with E-state index >= 15 is 0 Å². The lowest BCUT2D eigenvalue weighted by Gasteiger charge is -2.14. The lowest BCUT2D eigenvalue weighted by Crippen LogP contribution is -2.19. The molecule has 0 radical (unpaired) electrons. The number of hydrogen-bond donors (Lipinski definition) is 2. The van der Waals surface area contributed by atoms with Gasteiger partial charge in [0, 0.05) is 5.69 Å². The predicted molar refractivity (Wildman–Crippen MR) is 77.6 cm³/mol. The SMILES string of the molecule is NC(COc1ccccc1)c1ccc2c(c1)CC(=O)N2. The van der Waals surface area contributed by atoms with Gasteiger partial charge in [-0.15, -0.1) is 0 Å². The Morgan fingerprint density at radius 1 is 1.20 bits per heavy atom. The minimum atomic E-state index is -0.212. The molecule has 2 aromatic rings. The van der Waals surface area contributed by atoms with Crippen LogP contribution in [0.2, 0.25) is 0 Å². The first-order chi connectivity index (χ1) is 9.72. The van der Waals surface area contributed by atoms with Crippen molar-refractivity contribution in [2.24, 2.45) is 5.73 Å². The minimum Gasteiger partial charge on any atom is -0.492 e. The van der Waals surface area contributed by atoms with Crippen molar-refractivity contribution in [2.75, 3.05) is 11.9 Å². The molecule has 1 aliphatic rings. The maximum atomic E-state index is 11.3. The Kier molecular flexibility index (Phi) is 3.39. The van der Waals surface area contributed by atoms with Crippen LogP contribution in [0.5, 0.6) is 5.75 Å². The van der Waals surface area contributed by atoms with Crippen LogP contribution in [0.25, 0.3) is 0 Å². The molecule has 3 N–H and O–H groups in total. The molecule has 4 heteroatoms. The molecule has 0 fully saturated rings. The summed E-state index contributed by atoms with van der Waals surface area (Å²) in [6.45, 7) is 0.407. The van der Waals surface area contributed by atoms with E-state index in [2.05, 4.69) is 5.32 Å². The van der Waals surface area contributed by atoms with E-state index in [1.54, 1.807) is 0 Å². The number of nitrogens with two attached hydrogens (primary N) is 1. The summed E-state index contributed by atoms with van der Waals surface area (Å²) in [5.74, 6) is 0.840. The van der Waals surface area contributed by atoms with Gasteiger partial charge in [-0.2, -0.15) is 0 Å². The first kappa shape index (κ1) is 12.7. The number of ether oxygens (including phenoxy) is 1. The second-order valence-electron chi connectivity index (χ2n) is 4.87. The zero-order valence-electron chi connectivity index (χ0n) is 11.0. The summed E-state index contributed by atoms with van der Waals surface area (Å²) in [6, 6.07) is 15.2. The number of carbonyl (C=O) groups is 1.